The third-order valence-corrected chi connectivity index (χ3v) is 3.28. The molecule has 6 heteroatoms. The minimum atomic E-state index is -0.599. The zero-order valence-corrected chi connectivity index (χ0v) is 11.0. The zero-order valence-electron chi connectivity index (χ0n) is 9.52. The molecule has 0 bridgehead atoms. The molecule has 0 aliphatic carbocycles. The number of carbonyl (C=O) groups excluding carboxylic acids is 1. The van der Waals surface area contributed by atoms with Crippen LogP contribution in [-0.2, 0) is 0 Å². The van der Waals surface area contributed by atoms with Crippen LogP contribution in [0.5, 0.6) is 11.5 Å². The molecule has 4 nitrogen and oxygen atoms in total. The molecular formula is C13H9Cl2NO3. The second-order valence-corrected chi connectivity index (χ2v) is 4.51. The molecule has 2 aromatic carbocycles. The summed E-state index contributed by atoms with van der Waals surface area (Å²) in [6.45, 7) is 0. The van der Waals surface area contributed by atoms with Gasteiger partial charge in [-0.1, -0.05) is 35.3 Å². The van der Waals surface area contributed by atoms with Crippen LogP contribution in [0.1, 0.15) is 10.4 Å². The lowest BCUT2D eigenvalue weighted by molar-refractivity contribution is 0.102. The second-order valence-electron chi connectivity index (χ2n) is 3.73. The minimum Gasteiger partial charge on any atom is -0.504 e. The number of amides is 1. The number of hydrogen-bond acceptors (Lipinski definition) is 3. The summed E-state index contributed by atoms with van der Waals surface area (Å²) < 4.78 is 0. The van der Waals surface area contributed by atoms with E-state index in [4.69, 9.17) is 23.2 Å². The molecule has 19 heavy (non-hydrogen) atoms. The molecule has 0 aromatic heterocycles. The smallest absolute Gasteiger partial charge is 0.259 e. The molecule has 98 valence electrons. The Labute approximate surface area is 119 Å². The number of hydrogen-bond donors (Lipinski definition) is 3. The van der Waals surface area contributed by atoms with Crippen molar-refractivity contribution in [3.8, 4) is 11.5 Å². The molecule has 0 atom stereocenters. The van der Waals surface area contributed by atoms with Gasteiger partial charge in [0.25, 0.3) is 5.91 Å². The Kier molecular flexibility index (Phi) is 3.83. The lowest BCUT2D eigenvalue weighted by Gasteiger charge is -2.09. The number of anilines is 1. The Morgan fingerprint density at radius 2 is 1.74 bits per heavy atom. The van der Waals surface area contributed by atoms with E-state index >= 15 is 0 Å². The van der Waals surface area contributed by atoms with E-state index in [9.17, 15) is 15.0 Å². The third-order valence-electron chi connectivity index (χ3n) is 2.46. The van der Waals surface area contributed by atoms with Crippen molar-refractivity contribution in [3.63, 3.8) is 0 Å². The van der Waals surface area contributed by atoms with E-state index in [0.29, 0.717) is 10.7 Å². The number of para-hydroxylation sites is 1. The molecule has 0 spiro atoms. The Morgan fingerprint density at radius 1 is 1.05 bits per heavy atom. The van der Waals surface area contributed by atoms with Gasteiger partial charge in [-0.15, -0.1) is 0 Å². The first-order valence-electron chi connectivity index (χ1n) is 5.27. The van der Waals surface area contributed by atoms with Gasteiger partial charge in [0.2, 0.25) is 0 Å². The molecule has 1 amide bonds. The molecule has 0 aliphatic heterocycles. The van der Waals surface area contributed by atoms with Gasteiger partial charge in [0, 0.05) is 0 Å². The standard InChI is InChI=1S/C13H9Cl2NO3/c14-8-4-2-5-9(11(8)15)16-13(19)7-3-1-6-10(17)12(7)18/h1-6,17-18H,(H,16,19). The largest absolute Gasteiger partial charge is 0.504 e. The second kappa shape index (κ2) is 5.38. The maximum Gasteiger partial charge on any atom is 0.259 e. The minimum absolute atomic E-state index is 0.0592. The lowest BCUT2D eigenvalue weighted by atomic mass is 10.1. The topological polar surface area (TPSA) is 69.6 Å². The van der Waals surface area contributed by atoms with Crippen molar-refractivity contribution in [1.82, 2.24) is 0 Å². The van der Waals surface area contributed by atoms with E-state index in [-0.39, 0.29) is 16.3 Å². The number of nitrogens with one attached hydrogen (secondary N) is 1. The highest BCUT2D eigenvalue weighted by Crippen LogP contribution is 2.32. The molecule has 0 saturated carbocycles. The van der Waals surface area contributed by atoms with Gasteiger partial charge in [-0.05, 0) is 24.3 Å². The summed E-state index contributed by atoms with van der Waals surface area (Å²) in [4.78, 5) is 12.0. The van der Waals surface area contributed by atoms with E-state index < -0.39 is 11.7 Å². The average Bonchev–Trinajstić information content (AvgIpc) is 2.38. The number of benzene rings is 2. The van der Waals surface area contributed by atoms with Gasteiger partial charge in [0.15, 0.2) is 11.5 Å². The van der Waals surface area contributed by atoms with Crippen molar-refractivity contribution in [2.24, 2.45) is 0 Å². The van der Waals surface area contributed by atoms with E-state index in [1.54, 1.807) is 18.2 Å². The summed E-state index contributed by atoms with van der Waals surface area (Å²) in [6.07, 6.45) is 0. The molecule has 2 rings (SSSR count). The van der Waals surface area contributed by atoms with Crippen LogP contribution in [0.25, 0.3) is 0 Å². The summed E-state index contributed by atoms with van der Waals surface area (Å²) in [5.74, 6) is -1.46. The molecule has 0 saturated heterocycles. The third kappa shape index (κ3) is 2.75. The molecule has 3 N–H and O–H groups in total. The van der Waals surface area contributed by atoms with Crippen LogP contribution in [0, 0.1) is 0 Å². The first-order chi connectivity index (χ1) is 9.00. The molecular weight excluding hydrogens is 289 g/mol. The van der Waals surface area contributed by atoms with Crippen molar-refractivity contribution in [2.75, 3.05) is 5.32 Å². The fourth-order valence-electron chi connectivity index (χ4n) is 1.50. The van der Waals surface area contributed by atoms with Crippen molar-refractivity contribution in [3.05, 3.63) is 52.0 Å². The zero-order chi connectivity index (χ0) is 14.0. The predicted molar refractivity (Wildman–Crippen MR) is 74.2 cm³/mol. The van der Waals surface area contributed by atoms with Crippen molar-refractivity contribution in [1.29, 1.82) is 0 Å². The van der Waals surface area contributed by atoms with Gasteiger partial charge in [-0.2, -0.15) is 0 Å². The van der Waals surface area contributed by atoms with E-state index in [2.05, 4.69) is 5.32 Å². The summed E-state index contributed by atoms with van der Waals surface area (Å²) in [5.41, 5.74) is 0.262. The van der Waals surface area contributed by atoms with Crippen molar-refractivity contribution in [2.45, 2.75) is 0 Å². The highest BCUT2D eigenvalue weighted by atomic mass is 35.5. The summed E-state index contributed by atoms with van der Waals surface area (Å²) >= 11 is 11.8. The van der Waals surface area contributed by atoms with Gasteiger partial charge >= 0.3 is 0 Å². The van der Waals surface area contributed by atoms with Gasteiger partial charge in [-0.3, -0.25) is 4.79 Å². The van der Waals surface area contributed by atoms with Crippen LogP contribution in [0.15, 0.2) is 36.4 Å². The normalized spacial score (nSPS) is 10.2. The van der Waals surface area contributed by atoms with Crippen LogP contribution in [0.3, 0.4) is 0 Å². The van der Waals surface area contributed by atoms with E-state index in [1.807, 2.05) is 0 Å². The number of carbonyl (C=O) groups is 1. The monoisotopic (exact) mass is 297 g/mol. The van der Waals surface area contributed by atoms with Gasteiger partial charge in [0.05, 0.1) is 21.3 Å². The Balaban J connectivity index is 2.31. The maximum absolute atomic E-state index is 12.0. The number of rotatable bonds is 2. The molecule has 2 aromatic rings. The average molecular weight is 298 g/mol. The molecule has 0 fully saturated rings. The van der Waals surface area contributed by atoms with Gasteiger partial charge in [-0.25, -0.2) is 0 Å². The SMILES string of the molecule is O=C(Nc1cccc(Cl)c1Cl)c1cccc(O)c1O. The maximum atomic E-state index is 12.0. The molecule has 0 heterocycles. The van der Waals surface area contributed by atoms with Gasteiger partial charge in [0.1, 0.15) is 0 Å². The quantitative estimate of drug-likeness (QED) is 0.741. The van der Waals surface area contributed by atoms with Crippen molar-refractivity contribution >= 4 is 34.8 Å². The molecule has 0 aliphatic rings. The van der Waals surface area contributed by atoms with E-state index in [0.717, 1.165) is 0 Å². The first kappa shape index (κ1) is 13.5. The number of phenols is 2. The van der Waals surface area contributed by atoms with E-state index in [1.165, 1.54) is 18.2 Å². The van der Waals surface area contributed by atoms with Crippen LogP contribution in [0.4, 0.5) is 5.69 Å². The lowest BCUT2D eigenvalue weighted by Crippen LogP contribution is -2.12. The number of aromatic hydroxyl groups is 2. The highest BCUT2D eigenvalue weighted by Gasteiger charge is 2.15. The summed E-state index contributed by atoms with van der Waals surface area (Å²) in [5, 5.41) is 22.0. The Bertz CT molecular complexity index is 644. The van der Waals surface area contributed by atoms with Crippen molar-refractivity contribution < 1.29 is 15.0 Å². The summed E-state index contributed by atoms with van der Waals surface area (Å²) in [6, 6.07) is 8.90. The fourth-order valence-corrected chi connectivity index (χ4v) is 1.85. The van der Waals surface area contributed by atoms with Crippen LogP contribution in [0.2, 0.25) is 10.0 Å². The van der Waals surface area contributed by atoms with Crippen LogP contribution >= 0.6 is 23.2 Å². The number of halogens is 2. The van der Waals surface area contributed by atoms with Gasteiger partial charge < -0.3 is 15.5 Å². The van der Waals surface area contributed by atoms with Crippen LogP contribution < -0.4 is 5.32 Å². The Morgan fingerprint density at radius 3 is 2.47 bits per heavy atom. The first-order valence-corrected chi connectivity index (χ1v) is 6.02. The summed E-state index contributed by atoms with van der Waals surface area (Å²) in [7, 11) is 0. The predicted octanol–water partition coefficient (Wildman–Crippen LogP) is 3.66. The number of phenolic OH excluding ortho intramolecular Hbond substituents is 2. The fraction of sp³-hybridized carbons (Fsp3) is 0. The highest BCUT2D eigenvalue weighted by molar-refractivity contribution is 6.44. The van der Waals surface area contributed by atoms with Crippen LogP contribution in [-0.4, -0.2) is 16.1 Å². The molecule has 0 unspecified atom stereocenters. The Hall–Kier alpha value is -1.91. The molecule has 0 radical (unpaired) electrons.